The zero-order valence-corrected chi connectivity index (χ0v) is 16.6. The van der Waals surface area contributed by atoms with Crippen molar-refractivity contribution in [3.05, 3.63) is 29.8 Å². The van der Waals surface area contributed by atoms with Gasteiger partial charge in [0.15, 0.2) is 24.7 Å². The summed E-state index contributed by atoms with van der Waals surface area (Å²) in [6, 6.07) is 5.43. The van der Waals surface area contributed by atoms with Crippen molar-refractivity contribution < 1.29 is 23.8 Å². The first kappa shape index (κ1) is 20.8. The van der Waals surface area contributed by atoms with Gasteiger partial charge < -0.3 is 19.1 Å². The summed E-state index contributed by atoms with van der Waals surface area (Å²) in [7, 11) is 1.54. The molecule has 1 aromatic carbocycles. The van der Waals surface area contributed by atoms with Crippen LogP contribution in [0.4, 0.5) is 0 Å². The number of carbonyl (C=O) groups is 2. The standard InChI is InChI=1S/C21H29NO5/c1-5-6-17-7-8-18(19(10-17)25-4)26-14-21(24)27-13-20(23)22-11-15(2)9-16(3)12-22/h5-8,10,15-16H,9,11-14H2,1-4H3/b6-5+/t15-,16-/m0/s1. The van der Waals surface area contributed by atoms with Crippen molar-refractivity contribution in [1.29, 1.82) is 0 Å². The van der Waals surface area contributed by atoms with E-state index >= 15 is 0 Å². The van der Waals surface area contributed by atoms with Gasteiger partial charge in [-0.25, -0.2) is 4.79 Å². The maximum Gasteiger partial charge on any atom is 0.344 e. The molecule has 2 rings (SSSR count). The lowest BCUT2D eigenvalue weighted by atomic mass is 9.92. The predicted octanol–water partition coefficient (Wildman–Crippen LogP) is 3.15. The van der Waals surface area contributed by atoms with Gasteiger partial charge in [0.1, 0.15) is 0 Å². The largest absolute Gasteiger partial charge is 0.493 e. The van der Waals surface area contributed by atoms with E-state index in [0.717, 1.165) is 12.0 Å². The lowest BCUT2D eigenvalue weighted by molar-refractivity contribution is -0.154. The molecule has 0 bridgehead atoms. The molecule has 27 heavy (non-hydrogen) atoms. The van der Waals surface area contributed by atoms with Crippen molar-refractivity contribution in [3.8, 4) is 11.5 Å². The van der Waals surface area contributed by atoms with E-state index < -0.39 is 5.97 Å². The Kier molecular flexibility index (Phi) is 7.70. The molecule has 1 saturated heterocycles. The minimum Gasteiger partial charge on any atom is -0.493 e. The van der Waals surface area contributed by atoms with E-state index in [9.17, 15) is 9.59 Å². The van der Waals surface area contributed by atoms with Crippen LogP contribution in [0, 0.1) is 11.8 Å². The highest BCUT2D eigenvalue weighted by atomic mass is 16.6. The van der Waals surface area contributed by atoms with Crippen molar-refractivity contribution in [2.75, 3.05) is 33.4 Å². The Labute approximate surface area is 161 Å². The highest BCUT2D eigenvalue weighted by Crippen LogP contribution is 2.28. The third kappa shape index (κ3) is 6.31. The van der Waals surface area contributed by atoms with Gasteiger partial charge in [0, 0.05) is 13.1 Å². The van der Waals surface area contributed by atoms with Gasteiger partial charge in [0.2, 0.25) is 0 Å². The zero-order chi connectivity index (χ0) is 19.8. The average molecular weight is 375 g/mol. The Morgan fingerprint density at radius 3 is 2.48 bits per heavy atom. The van der Waals surface area contributed by atoms with Crippen LogP contribution in [0.25, 0.3) is 6.08 Å². The van der Waals surface area contributed by atoms with Gasteiger partial charge >= 0.3 is 5.97 Å². The van der Waals surface area contributed by atoms with Crippen LogP contribution in [0.5, 0.6) is 11.5 Å². The molecule has 1 fully saturated rings. The number of rotatable bonds is 7. The molecule has 1 amide bonds. The molecule has 1 aliphatic rings. The van der Waals surface area contributed by atoms with Crippen molar-refractivity contribution >= 4 is 18.0 Å². The highest BCUT2D eigenvalue weighted by molar-refractivity contribution is 5.81. The molecule has 0 unspecified atom stereocenters. The van der Waals surface area contributed by atoms with Gasteiger partial charge in [0.25, 0.3) is 5.91 Å². The van der Waals surface area contributed by atoms with E-state index in [1.54, 1.807) is 18.1 Å². The minimum absolute atomic E-state index is 0.157. The van der Waals surface area contributed by atoms with Gasteiger partial charge in [-0.15, -0.1) is 0 Å². The molecular formula is C21H29NO5. The topological polar surface area (TPSA) is 65.1 Å². The first-order valence-electron chi connectivity index (χ1n) is 9.29. The third-order valence-corrected chi connectivity index (χ3v) is 4.47. The average Bonchev–Trinajstić information content (AvgIpc) is 2.64. The second-order valence-corrected chi connectivity index (χ2v) is 7.10. The molecule has 2 atom stereocenters. The second kappa shape index (κ2) is 10.00. The second-order valence-electron chi connectivity index (χ2n) is 7.10. The molecule has 0 N–H and O–H groups in total. The van der Waals surface area contributed by atoms with Gasteiger partial charge in [0.05, 0.1) is 7.11 Å². The molecular weight excluding hydrogens is 346 g/mol. The zero-order valence-electron chi connectivity index (χ0n) is 16.6. The van der Waals surface area contributed by atoms with Gasteiger partial charge in [-0.05, 0) is 42.9 Å². The van der Waals surface area contributed by atoms with E-state index in [1.165, 1.54) is 0 Å². The number of amides is 1. The summed E-state index contributed by atoms with van der Waals surface area (Å²) in [6.07, 6.45) is 4.98. The normalized spacial score (nSPS) is 19.8. The summed E-state index contributed by atoms with van der Waals surface area (Å²) in [5.41, 5.74) is 0.972. The number of nitrogens with zero attached hydrogens (tertiary/aromatic N) is 1. The lowest BCUT2D eigenvalue weighted by Gasteiger charge is -2.34. The van der Waals surface area contributed by atoms with Crippen LogP contribution in [0.15, 0.2) is 24.3 Å². The van der Waals surface area contributed by atoms with E-state index in [0.29, 0.717) is 36.4 Å². The van der Waals surface area contributed by atoms with E-state index in [4.69, 9.17) is 14.2 Å². The third-order valence-electron chi connectivity index (χ3n) is 4.47. The van der Waals surface area contributed by atoms with Crippen LogP contribution in [-0.2, 0) is 14.3 Å². The molecule has 0 radical (unpaired) electrons. The predicted molar refractivity (Wildman–Crippen MR) is 104 cm³/mol. The molecule has 6 heteroatoms. The SMILES string of the molecule is C/C=C/c1ccc(OCC(=O)OCC(=O)N2C[C@@H](C)C[C@H](C)C2)c(OC)c1. The van der Waals surface area contributed by atoms with Crippen molar-refractivity contribution in [2.45, 2.75) is 27.2 Å². The number of carbonyl (C=O) groups excluding carboxylic acids is 2. The van der Waals surface area contributed by atoms with Crippen LogP contribution in [-0.4, -0.2) is 50.2 Å². The Balaban J connectivity index is 1.81. The molecule has 0 aromatic heterocycles. The van der Waals surface area contributed by atoms with Crippen LogP contribution in [0.3, 0.4) is 0 Å². The van der Waals surface area contributed by atoms with Crippen LogP contribution < -0.4 is 9.47 Å². The molecule has 1 aromatic rings. The fourth-order valence-corrected chi connectivity index (χ4v) is 3.38. The van der Waals surface area contributed by atoms with Crippen LogP contribution >= 0.6 is 0 Å². The number of benzene rings is 1. The summed E-state index contributed by atoms with van der Waals surface area (Å²) < 4.78 is 15.9. The van der Waals surface area contributed by atoms with Crippen molar-refractivity contribution in [1.82, 2.24) is 4.90 Å². The quantitative estimate of drug-likeness (QED) is 0.685. The van der Waals surface area contributed by atoms with Crippen LogP contribution in [0.1, 0.15) is 32.8 Å². The van der Waals surface area contributed by atoms with Crippen LogP contribution in [0.2, 0.25) is 0 Å². The van der Waals surface area contributed by atoms with Crippen molar-refractivity contribution in [2.24, 2.45) is 11.8 Å². The number of hydrogen-bond donors (Lipinski definition) is 0. The molecule has 0 spiro atoms. The Hall–Kier alpha value is -2.50. The maximum absolute atomic E-state index is 12.2. The summed E-state index contributed by atoms with van der Waals surface area (Å²) >= 11 is 0. The number of methoxy groups -OCH3 is 1. The first-order chi connectivity index (χ1) is 12.9. The van der Waals surface area contributed by atoms with Gasteiger partial charge in [-0.3, -0.25) is 4.79 Å². The maximum atomic E-state index is 12.2. The Bertz CT molecular complexity index is 675. The molecule has 1 heterocycles. The molecule has 0 aliphatic carbocycles. The summed E-state index contributed by atoms with van der Waals surface area (Å²) in [6.45, 7) is 7.09. The summed E-state index contributed by atoms with van der Waals surface area (Å²) in [5, 5.41) is 0. The fourth-order valence-electron chi connectivity index (χ4n) is 3.38. The number of ether oxygens (including phenoxy) is 3. The fraction of sp³-hybridized carbons (Fsp3) is 0.524. The lowest BCUT2D eigenvalue weighted by Crippen LogP contribution is -2.44. The minimum atomic E-state index is -0.582. The van der Waals surface area contributed by atoms with Crippen molar-refractivity contribution in [3.63, 3.8) is 0 Å². The Morgan fingerprint density at radius 2 is 1.85 bits per heavy atom. The van der Waals surface area contributed by atoms with Gasteiger partial charge in [-0.1, -0.05) is 32.1 Å². The molecule has 1 aliphatic heterocycles. The summed E-state index contributed by atoms with van der Waals surface area (Å²) in [4.78, 5) is 26.0. The number of esters is 1. The molecule has 0 saturated carbocycles. The number of hydrogen-bond acceptors (Lipinski definition) is 5. The molecule has 6 nitrogen and oxygen atoms in total. The highest BCUT2D eigenvalue weighted by Gasteiger charge is 2.26. The van der Waals surface area contributed by atoms with E-state index in [2.05, 4.69) is 13.8 Å². The summed E-state index contributed by atoms with van der Waals surface area (Å²) in [5.74, 6) is 1.18. The first-order valence-corrected chi connectivity index (χ1v) is 9.29. The van der Waals surface area contributed by atoms with E-state index in [1.807, 2.05) is 31.2 Å². The number of piperidine rings is 1. The smallest absolute Gasteiger partial charge is 0.344 e. The Morgan fingerprint density at radius 1 is 1.15 bits per heavy atom. The monoisotopic (exact) mass is 375 g/mol. The number of likely N-dealkylation sites (tertiary alicyclic amines) is 1. The van der Waals surface area contributed by atoms with E-state index in [-0.39, 0.29) is 19.1 Å². The van der Waals surface area contributed by atoms with Gasteiger partial charge in [-0.2, -0.15) is 0 Å². The number of allylic oxidation sites excluding steroid dienone is 1. The molecule has 148 valence electrons.